The first-order valence-corrected chi connectivity index (χ1v) is 6.49. The fourth-order valence-corrected chi connectivity index (χ4v) is 1.86. The average Bonchev–Trinajstić information content (AvgIpc) is 2.92. The van der Waals surface area contributed by atoms with Crippen molar-refractivity contribution in [2.24, 2.45) is 0 Å². The van der Waals surface area contributed by atoms with Crippen LogP contribution >= 0.6 is 0 Å². The van der Waals surface area contributed by atoms with Crippen molar-refractivity contribution < 1.29 is 9.84 Å². The van der Waals surface area contributed by atoms with Crippen molar-refractivity contribution in [2.45, 2.75) is 25.8 Å². The Morgan fingerprint density at radius 1 is 1.16 bits per heavy atom. The molecule has 102 valence electrons. The van der Waals surface area contributed by atoms with Gasteiger partial charge in [0.15, 0.2) is 0 Å². The third-order valence-corrected chi connectivity index (χ3v) is 2.97. The minimum absolute atomic E-state index is 0.258. The zero-order chi connectivity index (χ0) is 13.5. The molecule has 0 amide bonds. The van der Waals surface area contributed by atoms with E-state index >= 15 is 0 Å². The van der Waals surface area contributed by atoms with Gasteiger partial charge in [-0.25, -0.2) is 0 Å². The Bertz CT molecular complexity index is 494. The van der Waals surface area contributed by atoms with E-state index in [1.807, 2.05) is 35.1 Å². The lowest BCUT2D eigenvalue weighted by molar-refractivity contribution is 0.281. The van der Waals surface area contributed by atoms with Gasteiger partial charge in [-0.05, 0) is 43.5 Å². The maximum atomic E-state index is 8.71. The number of aliphatic hydroxyl groups excluding tert-OH is 1. The van der Waals surface area contributed by atoms with E-state index in [9.17, 15) is 0 Å². The second kappa shape index (κ2) is 6.89. The van der Waals surface area contributed by atoms with Crippen molar-refractivity contribution in [3.8, 4) is 17.0 Å². The van der Waals surface area contributed by atoms with Crippen molar-refractivity contribution in [1.82, 2.24) is 15.0 Å². The van der Waals surface area contributed by atoms with Gasteiger partial charge in [-0.3, -0.25) is 4.68 Å². The fraction of sp³-hybridized carbons (Fsp3) is 0.429. The molecule has 0 saturated carbocycles. The molecule has 2 aromatic rings. The smallest absolute Gasteiger partial charge is 0.118 e. The highest BCUT2D eigenvalue weighted by molar-refractivity contribution is 5.58. The number of aliphatic hydroxyl groups is 1. The third kappa shape index (κ3) is 3.79. The maximum Gasteiger partial charge on any atom is 0.118 e. The van der Waals surface area contributed by atoms with Crippen molar-refractivity contribution in [2.75, 3.05) is 13.7 Å². The van der Waals surface area contributed by atoms with Crippen LogP contribution < -0.4 is 4.74 Å². The number of ether oxygens (including phenoxy) is 1. The van der Waals surface area contributed by atoms with Crippen LogP contribution in [-0.4, -0.2) is 33.8 Å². The van der Waals surface area contributed by atoms with Crippen molar-refractivity contribution in [1.29, 1.82) is 0 Å². The van der Waals surface area contributed by atoms with Gasteiger partial charge in [0.1, 0.15) is 11.4 Å². The van der Waals surface area contributed by atoms with Crippen LogP contribution in [0.25, 0.3) is 11.3 Å². The van der Waals surface area contributed by atoms with Crippen LogP contribution in [0, 0.1) is 0 Å². The first-order chi connectivity index (χ1) is 9.33. The Kier molecular flexibility index (Phi) is 4.92. The number of unbranched alkanes of at least 4 members (excludes halogenated alkanes) is 2. The monoisotopic (exact) mass is 261 g/mol. The number of aromatic nitrogens is 3. The number of rotatable bonds is 7. The fourth-order valence-electron chi connectivity index (χ4n) is 1.86. The van der Waals surface area contributed by atoms with E-state index < -0.39 is 0 Å². The Labute approximate surface area is 112 Å². The van der Waals surface area contributed by atoms with Gasteiger partial charge < -0.3 is 9.84 Å². The SMILES string of the molecule is COc1ccc(-c2cn(CCCCCO)nn2)cc1. The van der Waals surface area contributed by atoms with Gasteiger partial charge in [-0.15, -0.1) is 5.10 Å². The predicted octanol–water partition coefficient (Wildman–Crippen LogP) is 2.12. The minimum Gasteiger partial charge on any atom is -0.497 e. The summed E-state index contributed by atoms with van der Waals surface area (Å²) in [6, 6.07) is 7.77. The van der Waals surface area contributed by atoms with Crippen molar-refractivity contribution in [3.63, 3.8) is 0 Å². The van der Waals surface area contributed by atoms with Gasteiger partial charge in [-0.1, -0.05) is 5.21 Å². The Morgan fingerprint density at radius 2 is 1.95 bits per heavy atom. The van der Waals surface area contributed by atoms with Gasteiger partial charge >= 0.3 is 0 Å². The van der Waals surface area contributed by atoms with Gasteiger partial charge in [0.05, 0.1) is 13.3 Å². The zero-order valence-electron chi connectivity index (χ0n) is 11.1. The Hall–Kier alpha value is -1.88. The molecule has 1 aromatic heterocycles. The standard InChI is InChI=1S/C14H19N3O2/c1-19-13-7-5-12(6-8-13)14-11-17(16-15-14)9-3-2-4-10-18/h5-8,11,18H,2-4,9-10H2,1H3. The first kappa shape index (κ1) is 13.5. The Morgan fingerprint density at radius 3 is 2.63 bits per heavy atom. The highest BCUT2D eigenvalue weighted by atomic mass is 16.5. The van der Waals surface area contributed by atoms with Crippen LogP contribution in [0.15, 0.2) is 30.5 Å². The summed E-state index contributed by atoms with van der Waals surface area (Å²) in [5, 5.41) is 17.0. The first-order valence-electron chi connectivity index (χ1n) is 6.49. The lowest BCUT2D eigenvalue weighted by Gasteiger charge is -2.00. The number of aryl methyl sites for hydroxylation is 1. The molecule has 0 atom stereocenters. The van der Waals surface area contributed by atoms with E-state index in [0.717, 1.165) is 42.8 Å². The molecule has 0 radical (unpaired) electrons. The van der Waals surface area contributed by atoms with Gasteiger partial charge in [0, 0.05) is 18.7 Å². The summed E-state index contributed by atoms with van der Waals surface area (Å²) in [6.45, 7) is 1.09. The lowest BCUT2D eigenvalue weighted by atomic mass is 10.1. The van der Waals surface area contributed by atoms with Crippen LogP contribution in [0.4, 0.5) is 0 Å². The molecular weight excluding hydrogens is 242 g/mol. The molecule has 0 aliphatic heterocycles. The number of nitrogens with zero attached hydrogens (tertiary/aromatic N) is 3. The van der Waals surface area contributed by atoms with Crippen LogP contribution in [0.2, 0.25) is 0 Å². The zero-order valence-corrected chi connectivity index (χ0v) is 11.1. The van der Waals surface area contributed by atoms with Gasteiger partial charge in [0.25, 0.3) is 0 Å². The second-order valence-electron chi connectivity index (χ2n) is 4.38. The molecule has 0 aliphatic carbocycles. The second-order valence-corrected chi connectivity index (χ2v) is 4.38. The minimum atomic E-state index is 0.258. The summed E-state index contributed by atoms with van der Waals surface area (Å²) in [5.41, 5.74) is 1.90. The molecule has 0 spiro atoms. The van der Waals surface area contributed by atoms with E-state index in [1.165, 1.54) is 0 Å². The molecule has 1 heterocycles. The molecule has 0 bridgehead atoms. The molecule has 19 heavy (non-hydrogen) atoms. The molecule has 0 aliphatic rings. The molecule has 0 saturated heterocycles. The predicted molar refractivity (Wildman–Crippen MR) is 72.9 cm³/mol. The molecule has 2 rings (SSSR count). The molecule has 1 N–H and O–H groups in total. The van der Waals surface area contributed by atoms with E-state index in [1.54, 1.807) is 7.11 Å². The number of hydrogen-bond donors (Lipinski definition) is 1. The number of hydrogen-bond acceptors (Lipinski definition) is 4. The quantitative estimate of drug-likeness (QED) is 0.775. The molecule has 1 aromatic carbocycles. The van der Waals surface area contributed by atoms with Crippen molar-refractivity contribution >= 4 is 0 Å². The molecular formula is C14H19N3O2. The highest BCUT2D eigenvalue weighted by Crippen LogP contribution is 2.19. The summed E-state index contributed by atoms with van der Waals surface area (Å²) >= 11 is 0. The topological polar surface area (TPSA) is 60.2 Å². The van der Waals surface area contributed by atoms with E-state index in [0.29, 0.717) is 0 Å². The van der Waals surface area contributed by atoms with Crippen LogP contribution in [0.1, 0.15) is 19.3 Å². The molecule has 0 unspecified atom stereocenters. The summed E-state index contributed by atoms with van der Waals surface area (Å²) < 4.78 is 6.97. The van der Waals surface area contributed by atoms with E-state index in [4.69, 9.17) is 9.84 Å². The summed E-state index contributed by atoms with van der Waals surface area (Å²) in [5.74, 6) is 0.833. The van der Waals surface area contributed by atoms with Gasteiger partial charge in [-0.2, -0.15) is 0 Å². The van der Waals surface area contributed by atoms with E-state index in [-0.39, 0.29) is 6.61 Å². The lowest BCUT2D eigenvalue weighted by Crippen LogP contribution is -1.99. The molecule has 5 nitrogen and oxygen atoms in total. The van der Waals surface area contributed by atoms with Crippen molar-refractivity contribution in [3.05, 3.63) is 30.5 Å². The van der Waals surface area contributed by atoms with Crippen LogP contribution in [0.5, 0.6) is 5.75 Å². The number of methoxy groups -OCH3 is 1. The van der Waals surface area contributed by atoms with Gasteiger partial charge in [0.2, 0.25) is 0 Å². The van der Waals surface area contributed by atoms with Crippen LogP contribution in [-0.2, 0) is 6.54 Å². The number of benzene rings is 1. The summed E-state index contributed by atoms with van der Waals surface area (Å²) in [7, 11) is 1.65. The summed E-state index contributed by atoms with van der Waals surface area (Å²) in [4.78, 5) is 0. The normalized spacial score (nSPS) is 10.6. The summed E-state index contributed by atoms with van der Waals surface area (Å²) in [6.07, 6.45) is 4.81. The molecule has 5 heteroatoms. The largest absolute Gasteiger partial charge is 0.497 e. The highest BCUT2D eigenvalue weighted by Gasteiger charge is 2.04. The Balaban J connectivity index is 1.95. The maximum absolute atomic E-state index is 8.71. The molecule has 0 fully saturated rings. The average molecular weight is 261 g/mol. The van der Waals surface area contributed by atoms with E-state index in [2.05, 4.69) is 10.3 Å². The third-order valence-electron chi connectivity index (χ3n) is 2.97. The van der Waals surface area contributed by atoms with Crippen LogP contribution in [0.3, 0.4) is 0 Å².